The highest BCUT2D eigenvalue weighted by molar-refractivity contribution is 6.31. The molecule has 0 saturated carbocycles. The van der Waals surface area contributed by atoms with E-state index in [0.29, 0.717) is 10.7 Å². The Morgan fingerprint density at radius 2 is 1.83 bits per heavy atom. The average molecular weight is 328 g/mol. The van der Waals surface area contributed by atoms with Gasteiger partial charge in [0.25, 0.3) is 0 Å². The Balaban J connectivity index is 1.85. The molecule has 2 N–H and O–H groups in total. The van der Waals surface area contributed by atoms with Crippen LogP contribution in [0.15, 0.2) is 48.7 Å². The Bertz CT molecular complexity index is 870. The average Bonchev–Trinajstić information content (AvgIpc) is 2.90. The number of anilines is 2. The lowest BCUT2D eigenvalue weighted by molar-refractivity contribution is 0.262. The molecule has 1 heterocycles. The molecule has 0 atom stereocenters. The summed E-state index contributed by atoms with van der Waals surface area (Å²) >= 11 is 6.08. The minimum Gasteiger partial charge on any atom is -0.346 e. The Hall–Kier alpha value is -2.46. The quantitative estimate of drug-likeness (QED) is 0.676. The van der Waals surface area contributed by atoms with Gasteiger partial charge in [0, 0.05) is 28.8 Å². The first-order valence-electron chi connectivity index (χ1n) is 7.51. The molecule has 0 fully saturated rings. The number of amides is 2. The summed E-state index contributed by atoms with van der Waals surface area (Å²) in [6, 6.07) is 13.2. The second kappa shape index (κ2) is 6.34. The van der Waals surface area contributed by atoms with Crippen molar-refractivity contribution in [3.05, 3.63) is 59.2 Å². The van der Waals surface area contributed by atoms with E-state index in [-0.39, 0.29) is 6.03 Å². The third-order valence-electron chi connectivity index (χ3n) is 3.89. The monoisotopic (exact) mass is 327 g/mol. The van der Waals surface area contributed by atoms with Gasteiger partial charge >= 0.3 is 6.03 Å². The van der Waals surface area contributed by atoms with Gasteiger partial charge in [-0.15, -0.1) is 0 Å². The summed E-state index contributed by atoms with van der Waals surface area (Å²) in [6.45, 7) is 4.80. The molecule has 0 spiro atoms. The number of hydrogen-bond acceptors (Lipinski definition) is 1. The molecule has 0 bridgehead atoms. The van der Waals surface area contributed by atoms with Gasteiger partial charge in [-0.05, 0) is 37.6 Å². The van der Waals surface area contributed by atoms with Crippen LogP contribution in [0.1, 0.15) is 12.5 Å². The fraction of sp³-hybridized carbons (Fsp3) is 0.167. The molecule has 118 valence electrons. The van der Waals surface area contributed by atoms with E-state index in [2.05, 4.69) is 22.1 Å². The third-order valence-corrected chi connectivity index (χ3v) is 4.30. The first-order valence-corrected chi connectivity index (χ1v) is 7.89. The van der Waals surface area contributed by atoms with Crippen LogP contribution in [0, 0.1) is 6.92 Å². The van der Waals surface area contributed by atoms with Gasteiger partial charge in [0.05, 0.1) is 11.2 Å². The van der Waals surface area contributed by atoms with Gasteiger partial charge in [-0.3, -0.25) is 0 Å². The number of urea groups is 1. The Labute approximate surface area is 140 Å². The van der Waals surface area contributed by atoms with Crippen LogP contribution < -0.4 is 10.6 Å². The topological polar surface area (TPSA) is 46.1 Å². The molecule has 2 amide bonds. The molecule has 4 nitrogen and oxygen atoms in total. The lowest BCUT2D eigenvalue weighted by atomic mass is 10.2. The maximum Gasteiger partial charge on any atom is 0.323 e. The van der Waals surface area contributed by atoms with Crippen LogP contribution >= 0.6 is 11.6 Å². The highest BCUT2D eigenvalue weighted by Gasteiger charge is 2.11. The van der Waals surface area contributed by atoms with Crippen molar-refractivity contribution in [1.29, 1.82) is 0 Å². The van der Waals surface area contributed by atoms with Crippen LogP contribution in [0.4, 0.5) is 16.2 Å². The smallest absolute Gasteiger partial charge is 0.323 e. The standard InChI is InChI=1S/C18H18ClN3O/c1-3-22-11-16(13-7-4-5-10-17(13)22)21-18(23)20-15-9-6-8-14(19)12(15)2/h4-11H,3H2,1-2H3,(H2,20,21,23). The minimum absolute atomic E-state index is 0.283. The number of halogens is 1. The van der Waals surface area contributed by atoms with Crippen LogP contribution in [0.2, 0.25) is 5.02 Å². The SMILES string of the molecule is CCn1cc(NC(=O)Nc2cccc(Cl)c2C)c2ccccc21. The normalized spacial score (nSPS) is 10.7. The first kappa shape index (κ1) is 15.4. The molecule has 0 aliphatic rings. The number of rotatable bonds is 3. The van der Waals surface area contributed by atoms with Gasteiger partial charge in [0.2, 0.25) is 0 Å². The number of carbonyl (C=O) groups excluding carboxylic acids is 1. The van der Waals surface area contributed by atoms with Crippen molar-refractivity contribution in [2.24, 2.45) is 0 Å². The molecule has 0 radical (unpaired) electrons. The zero-order valence-electron chi connectivity index (χ0n) is 13.1. The van der Waals surface area contributed by atoms with Crippen molar-refractivity contribution in [2.45, 2.75) is 20.4 Å². The summed E-state index contributed by atoms with van der Waals surface area (Å²) in [4.78, 5) is 12.3. The van der Waals surface area contributed by atoms with E-state index in [4.69, 9.17) is 11.6 Å². The number of para-hydroxylation sites is 1. The van der Waals surface area contributed by atoms with E-state index in [9.17, 15) is 4.79 Å². The van der Waals surface area contributed by atoms with Gasteiger partial charge in [0.1, 0.15) is 0 Å². The predicted octanol–water partition coefficient (Wildman–Crippen LogP) is 5.27. The highest BCUT2D eigenvalue weighted by Crippen LogP contribution is 2.27. The van der Waals surface area contributed by atoms with Crippen LogP contribution in [-0.2, 0) is 6.54 Å². The van der Waals surface area contributed by atoms with Crippen molar-refractivity contribution < 1.29 is 4.79 Å². The van der Waals surface area contributed by atoms with Crippen molar-refractivity contribution >= 4 is 39.9 Å². The van der Waals surface area contributed by atoms with Crippen molar-refractivity contribution in [3.63, 3.8) is 0 Å². The number of fused-ring (bicyclic) bond motifs is 1. The second-order valence-electron chi connectivity index (χ2n) is 5.34. The van der Waals surface area contributed by atoms with Crippen LogP contribution in [0.5, 0.6) is 0 Å². The van der Waals surface area contributed by atoms with Crippen LogP contribution in [0.25, 0.3) is 10.9 Å². The molecule has 3 aromatic rings. The third kappa shape index (κ3) is 3.03. The predicted molar refractivity (Wildman–Crippen MR) is 96.4 cm³/mol. The molecular formula is C18H18ClN3O. The molecule has 0 aliphatic heterocycles. The highest BCUT2D eigenvalue weighted by atomic mass is 35.5. The summed E-state index contributed by atoms with van der Waals surface area (Å²) in [7, 11) is 0. The molecule has 0 unspecified atom stereocenters. The van der Waals surface area contributed by atoms with Crippen molar-refractivity contribution in [3.8, 4) is 0 Å². The first-order chi connectivity index (χ1) is 11.1. The van der Waals surface area contributed by atoms with Gasteiger partial charge in [-0.1, -0.05) is 35.9 Å². The Morgan fingerprint density at radius 3 is 2.61 bits per heavy atom. The molecule has 5 heteroatoms. The van der Waals surface area contributed by atoms with E-state index < -0.39 is 0 Å². The summed E-state index contributed by atoms with van der Waals surface area (Å²) in [5.74, 6) is 0. The van der Waals surface area contributed by atoms with Crippen molar-refractivity contribution in [2.75, 3.05) is 10.6 Å². The van der Waals surface area contributed by atoms with Gasteiger partial charge < -0.3 is 15.2 Å². The molecule has 1 aromatic heterocycles. The number of aromatic nitrogens is 1. The molecule has 0 saturated heterocycles. The van der Waals surface area contributed by atoms with E-state index in [0.717, 1.165) is 28.7 Å². The van der Waals surface area contributed by atoms with Crippen molar-refractivity contribution in [1.82, 2.24) is 4.57 Å². The zero-order valence-corrected chi connectivity index (χ0v) is 13.8. The van der Waals surface area contributed by atoms with E-state index in [1.165, 1.54) is 0 Å². The minimum atomic E-state index is -0.283. The second-order valence-corrected chi connectivity index (χ2v) is 5.74. The number of hydrogen-bond donors (Lipinski definition) is 2. The van der Waals surface area contributed by atoms with Gasteiger partial charge in [-0.2, -0.15) is 0 Å². The van der Waals surface area contributed by atoms with E-state index >= 15 is 0 Å². The maximum absolute atomic E-state index is 12.3. The fourth-order valence-corrected chi connectivity index (χ4v) is 2.80. The maximum atomic E-state index is 12.3. The fourth-order valence-electron chi connectivity index (χ4n) is 2.63. The summed E-state index contributed by atoms with van der Waals surface area (Å²) in [6.07, 6.45) is 1.95. The Morgan fingerprint density at radius 1 is 1.09 bits per heavy atom. The largest absolute Gasteiger partial charge is 0.346 e. The Kier molecular flexibility index (Phi) is 4.26. The number of benzene rings is 2. The molecular weight excluding hydrogens is 310 g/mol. The van der Waals surface area contributed by atoms with Crippen LogP contribution in [-0.4, -0.2) is 10.6 Å². The summed E-state index contributed by atoms with van der Waals surface area (Å²) in [5.41, 5.74) is 3.44. The number of carbonyl (C=O) groups is 1. The lowest BCUT2D eigenvalue weighted by Crippen LogP contribution is -2.19. The molecule has 23 heavy (non-hydrogen) atoms. The molecule has 0 aliphatic carbocycles. The number of nitrogens with zero attached hydrogens (tertiary/aromatic N) is 1. The van der Waals surface area contributed by atoms with E-state index in [1.807, 2.05) is 49.5 Å². The van der Waals surface area contributed by atoms with Crippen LogP contribution in [0.3, 0.4) is 0 Å². The summed E-state index contributed by atoms with van der Waals surface area (Å²) in [5, 5.41) is 7.42. The summed E-state index contributed by atoms with van der Waals surface area (Å²) < 4.78 is 2.11. The zero-order chi connectivity index (χ0) is 16.4. The van der Waals surface area contributed by atoms with Gasteiger partial charge in [0.15, 0.2) is 0 Å². The van der Waals surface area contributed by atoms with E-state index in [1.54, 1.807) is 6.07 Å². The lowest BCUT2D eigenvalue weighted by Gasteiger charge is -2.10. The van der Waals surface area contributed by atoms with Gasteiger partial charge in [-0.25, -0.2) is 4.79 Å². The number of nitrogens with one attached hydrogen (secondary N) is 2. The molecule has 3 rings (SSSR count). The molecule has 2 aromatic carbocycles. The number of aryl methyl sites for hydroxylation is 1.